The minimum atomic E-state index is -0.201. The minimum absolute atomic E-state index is 0.201. The lowest BCUT2D eigenvalue weighted by molar-refractivity contribution is 0.627. The topological polar surface area (TPSA) is 28.7 Å². The van der Waals surface area contributed by atoms with Crippen LogP contribution in [0, 0.1) is 5.82 Å². The van der Waals surface area contributed by atoms with Crippen LogP contribution in [0.4, 0.5) is 4.39 Å². The van der Waals surface area contributed by atoms with Gasteiger partial charge in [-0.25, -0.2) is 9.37 Å². The van der Waals surface area contributed by atoms with Gasteiger partial charge in [-0.2, -0.15) is 0 Å². The van der Waals surface area contributed by atoms with Gasteiger partial charge in [-0.15, -0.1) is 0 Å². The Bertz CT molecular complexity index is 641. The van der Waals surface area contributed by atoms with E-state index in [0.717, 1.165) is 28.6 Å². The molecule has 3 rings (SSSR count). The van der Waals surface area contributed by atoms with E-state index >= 15 is 0 Å². The number of nitrogens with one attached hydrogen (secondary N) is 1. The maximum Gasteiger partial charge on any atom is 0.137 e. The molecule has 0 amide bonds. The Morgan fingerprint density at radius 2 is 1.88 bits per heavy atom. The van der Waals surface area contributed by atoms with Crippen molar-refractivity contribution in [3.8, 4) is 0 Å². The highest BCUT2D eigenvalue weighted by Crippen LogP contribution is 2.15. The van der Waals surface area contributed by atoms with Gasteiger partial charge in [-0.1, -0.05) is 12.1 Å². The van der Waals surface area contributed by atoms with Gasteiger partial charge in [0.25, 0.3) is 0 Å². The van der Waals surface area contributed by atoms with Crippen LogP contribution in [0.3, 0.4) is 0 Å². The number of benzene rings is 1. The summed E-state index contributed by atoms with van der Waals surface area (Å²) in [4.78, 5) is 7.38. The Kier molecular flexibility index (Phi) is 2.37. The van der Waals surface area contributed by atoms with Gasteiger partial charge in [0.1, 0.15) is 11.5 Å². The summed E-state index contributed by atoms with van der Waals surface area (Å²) in [6.45, 7) is 0. The van der Waals surface area contributed by atoms with Crippen molar-refractivity contribution in [2.24, 2.45) is 0 Å². The van der Waals surface area contributed by atoms with E-state index in [1.54, 1.807) is 12.1 Å². The third-order valence-corrected chi connectivity index (χ3v) is 2.78. The fourth-order valence-corrected chi connectivity index (χ4v) is 1.92. The molecule has 0 aliphatic rings. The lowest BCUT2D eigenvalue weighted by atomic mass is 10.1. The predicted molar refractivity (Wildman–Crippen MR) is 65.3 cm³/mol. The maximum atomic E-state index is 12.8. The maximum absolute atomic E-state index is 12.8. The fourth-order valence-electron chi connectivity index (χ4n) is 1.92. The molecule has 2 nitrogen and oxygen atoms in total. The minimum Gasteiger partial charge on any atom is -0.346 e. The average molecular weight is 226 g/mol. The van der Waals surface area contributed by atoms with Gasteiger partial charge in [0.2, 0.25) is 0 Å². The predicted octanol–water partition coefficient (Wildman–Crippen LogP) is 3.29. The Morgan fingerprint density at radius 1 is 1.06 bits per heavy atom. The molecule has 2 heterocycles. The quantitative estimate of drug-likeness (QED) is 0.713. The Hall–Kier alpha value is -2.16. The molecule has 17 heavy (non-hydrogen) atoms. The van der Waals surface area contributed by atoms with Gasteiger partial charge in [0, 0.05) is 17.8 Å². The summed E-state index contributed by atoms with van der Waals surface area (Å²) >= 11 is 0. The van der Waals surface area contributed by atoms with E-state index in [2.05, 4.69) is 16.0 Å². The normalized spacial score (nSPS) is 10.9. The molecule has 0 fully saturated rings. The second-order valence-corrected chi connectivity index (χ2v) is 4.06. The summed E-state index contributed by atoms with van der Waals surface area (Å²) in [5, 5.41) is 1.10. The molecular formula is C14H11FN2. The van der Waals surface area contributed by atoms with E-state index in [0.29, 0.717) is 0 Å². The van der Waals surface area contributed by atoms with Crippen molar-refractivity contribution in [3.05, 3.63) is 65.7 Å². The SMILES string of the molecule is Fc1ccc(Cc2cnc3[nH]ccc3c2)cc1. The van der Waals surface area contributed by atoms with Crippen LogP contribution >= 0.6 is 0 Å². The lowest BCUT2D eigenvalue weighted by Gasteiger charge is -2.01. The monoisotopic (exact) mass is 226 g/mol. The first-order chi connectivity index (χ1) is 8.31. The van der Waals surface area contributed by atoms with Gasteiger partial charge in [-0.3, -0.25) is 0 Å². The summed E-state index contributed by atoms with van der Waals surface area (Å²) in [7, 11) is 0. The van der Waals surface area contributed by atoms with E-state index in [9.17, 15) is 4.39 Å². The number of hydrogen-bond acceptors (Lipinski definition) is 1. The third-order valence-electron chi connectivity index (χ3n) is 2.78. The van der Waals surface area contributed by atoms with Gasteiger partial charge in [-0.05, 0) is 41.8 Å². The zero-order chi connectivity index (χ0) is 11.7. The van der Waals surface area contributed by atoms with Crippen LogP contribution in [-0.4, -0.2) is 9.97 Å². The van der Waals surface area contributed by atoms with E-state index < -0.39 is 0 Å². The second-order valence-electron chi connectivity index (χ2n) is 4.06. The number of rotatable bonds is 2. The zero-order valence-corrected chi connectivity index (χ0v) is 9.15. The van der Waals surface area contributed by atoms with Crippen LogP contribution < -0.4 is 0 Å². The highest BCUT2D eigenvalue weighted by atomic mass is 19.1. The van der Waals surface area contributed by atoms with Gasteiger partial charge in [0.15, 0.2) is 0 Å². The molecule has 0 atom stereocenters. The number of nitrogens with zero attached hydrogens (tertiary/aromatic N) is 1. The molecular weight excluding hydrogens is 215 g/mol. The molecule has 0 saturated carbocycles. The molecule has 3 aromatic rings. The molecule has 3 heteroatoms. The van der Waals surface area contributed by atoms with Crippen LogP contribution in [0.25, 0.3) is 11.0 Å². The summed E-state index contributed by atoms with van der Waals surface area (Å²) < 4.78 is 12.8. The van der Waals surface area contributed by atoms with E-state index in [-0.39, 0.29) is 5.82 Å². The Morgan fingerprint density at radius 3 is 2.71 bits per heavy atom. The first-order valence-electron chi connectivity index (χ1n) is 5.48. The summed E-state index contributed by atoms with van der Waals surface area (Å²) in [6, 6.07) is 10.7. The number of H-pyrrole nitrogens is 1. The first-order valence-corrected chi connectivity index (χ1v) is 5.48. The summed E-state index contributed by atoms with van der Waals surface area (Å²) in [5.41, 5.74) is 3.11. The van der Waals surface area contributed by atoms with Crippen LogP contribution in [0.5, 0.6) is 0 Å². The van der Waals surface area contributed by atoms with Crippen LogP contribution in [0.1, 0.15) is 11.1 Å². The van der Waals surface area contributed by atoms with Crippen molar-refractivity contribution < 1.29 is 4.39 Å². The van der Waals surface area contributed by atoms with Gasteiger partial charge in [0.05, 0.1) is 0 Å². The smallest absolute Gasteiger partial charge is 0.137 e. The molecule has 0 aliphatic heterocycles. The molecule has 0 saturated heterocycles. The lowest BCUT2D eigenvalue weighted by Crippen LogP contribution is -1.90. The second kappa shape index (κ2) is 4.01. The standard InChI is InChI=1S/C14H11FN2/c15-13-3-1-10(2-4-13)7-11-8-12-5-6-16-14(12)17-9-11/h1-6,8-9H,7H2,(H,16,17). The highest BCUT2D eigenvalue weighted by molar-refractivity contribution is 5.75. The molecule has 0 unspecified atom stereocenters. The van der Waals surface area contributed by atoms with E-state index in [1.807, 2.05) is 18.5 Å². The Balaban J connectivity index is 1.91. The molecule has 2 aromatic heterocycles. The van der Waals surface area contributed by atoms with Gasteiger partial charge >= 0.3 is 0 Å². The number of hydrogen-bond donors (Lipinski definition) is 1. The molecule has 1 N–H and O–H groups in total. The third kappa shape index (κ3) is 2.04. The van der Waals surface area contributed by atoms with E-state index in [4.69, 9.17) is 0 Å². The number of aromatic amines is 1. The molecule has 0 bridgehead atoms. The van der Waals surface area contributed by atoms with Crippen molar-refractivity contribution in [3.63, 3.8) is 0 Å². The van der Waals surface area contributed by atoms with Gasteiger partial charge < -0.3 is 4.98 Å². The number of halogens is 1. The number of aromatic nitrogens is 2. The average Bonchev–Trinajstić information content (AvgIpc) is 2.79. The summed E-state index contributed by atoms with van der Waals surface area (Å²) in [6.07, 6.45) is 4.50. The molecule has 84 valence electrons. The summed E-state index contributed by atoms with van der Waals surface area (Å²) in [5.74, 6) is -0.201. The number of fused-ring (bicyclic) bond motifs is 1. The van der Waals surface area contributed by atoms with Crippen molar-refractivity contribution in [2.45, 2.75) is 6.42 Å². The fraction of sp³-hybridized carbons (Fsp3) is 0.0714. The van der Waals surface area contributed by atoms with Crippen molar-refractivity contribution in [1.82, 2.24) is 9.97 Å². The molecule has 0 aliphatic carbocycles. The van der Waals surface area contributed by atoms with Crippen molar-refractivity contribution in [2.75, 3.05) is 0 Å². The van der Waals surface area contributed by atoms with Crippen molar-refractivity contribution in [1.29, 1.82) is 0 Å². The molecule has 0 radical (unpaired) electrons. The molecule has 1 aromatic carbocycles. The number of pyridine rings is 1. The molecule has 0 spiro atoms. The van der Waals surface area contributed by atoms with Crippen LogP contribution in [0.2, 0.25) is 0 Å². The highest BCUT2D eigenvalue weighted by Gasteiger charge is 2.00. The first kappa shape index (κ1) is 10.0. The Labute approximate surface area is 98.1 Å². The van der Waals surface area contributed by atoms with E-state index in [1.165, 1.54) is 12.1 Å². The van der Waals surface area contributed by atoms with Crippen molar-refractivity contribution >= 4 is 11.0 Å². The zero-order valence-electron chi connectivity index (χ0n) is 9.15. The van der Waals surface area contributed by atoms with Crippen LogP contribution in [0.15, 0.2) is 48.8 Å². The largest absolute Gasteiger partial charge is 0.346 e. The van der Waals surface area contributed by atoms with Crippen LogP contribution in [-0.2, 0) is 6.42 Å².